The van der Waals surface area contributed by atoms with Crippen LogP contribution in [0.15, 0.2) is 48.5 Å². The molecule has 2 aromatic carbocycles. The molecule has 0 saturated heterocycles. The maximum absolute atomic E-state index is 11.5. The van der Waals surface area contributed by atoms with Gasteiger partial charge in [-0.3, -0.25) is 0 Å². The summed E-state index contributed by atoms with van der Waals surface area (Å²) in [7, 11) is 0. The highest BCUT2D eigenvalue weighted by atomic mass is 35.5. The molecule has 0 aromatic heterocycles. The van der Waals surface area contributed by atoms with E-state index in [9.17, 15) is 4.79 Å². The molecule has 0 unspecified atom stereocenters. The van der Waals surface area contributed by atoms with Crippen molar-refractivity contribution in [3.05, 3.63) is 64.7 Å². The zero-order chi connectivity index (χ0) is 14.4. The molecule has 2 aromatic rings. The number of benzene rings is 2. The third kappa shape index (κ3) is 4.00. The first-order valence-electron chi connectivity index (χ1n) is 6.44. The summed E-state index contributed by atoms with van der Waals surface area (Å²) in [5, 5.41) is 4.00. The number of carbonyl (C=O) groups excluding carboxylic acids is 1. The first-order valence-corrected chi connectivity index (χ1v) is 6.82. The molecular formula is C16H16ClNO2. The van der Waals surface area contributed by atoms with E-state index < -0.39 is 0 Å². The van der Waals surface area contributed by atoms with Crippen molar-refractivity contribution in [1.29, 1.82) is 0 Å². The van der Waals surface area contributed by atoms with Crippen molar-refractivity contribution < 1.29 is 9.53 Å². The van der Waals surface area contributed by atoms with Crippen LogP contribution in [0, 0.1) is 0 Å². The van der Waals surface area contributed by atoms with Crippen molar-refractivity contribution in [3.8, 4) is 0 Å². The Labute approximate surface area is 123 Å². The van der Waals surface area contributed by atoms with Crippen LogP contribution >= 0.6 is 11.6 Å². The molecule has 0 aliphatic heterocycles. The van der Waals surface area contributed by atoms with E-state index in [0.717, 1.165) is 16.3 Å². The first-order chi connectivity index (χ1) is 9.69. The van der Waals surface area contributed by atoms with E-state index in [1.807, 2.05) is 36.4 Å². The minimum absolute atomic E-state index is 0.297. The van der Waals surface area contributed by atoms with Crippen LogP contribution in [0.5, 0.6) is 0 Å². The Bertz CT molecular complexity index is 581. The van der Waals surface area contributed by atoms with Crippen molar-refractivity contribution in [1.82, 2.24) is 0 Å². The summed E-state index contributed by atoms with van der Waals surface area (Å²) >= 11 is 5.93. The van der Waals surface area contributed by atoms with E-state index in [0.29, 0.717) is 18.7 Å². The lowest BCUT2D eigenvalue weighted by Gasteiger charge is -2.08. The molecule has 0 heterocycles. The van der Waals surface area contributed by atoms with Gasteiger partial charge in [0, 0.05) is 17.3 Å². The summed E-state index contributed by atoms with van der Waals surface area (Å²) in [6.45, 7) is 2.85. The summed E-state index contributed by atoms with van der Waals surface area (Å²) in [6.07, 6.45) is 0. The molecule has 20 heavy (non-hydrogen) atoms. The van der Waals surface area contributed by atoms with Gasteiger partial charge in [-0.15, -0.1) is 0 Å². The number of carbonyl (C=O) groups is 1. The third-order valence-electron chi connectivity index (χ3n) is 2.78. The number of anilines is 1. The van der Waals surface area contributed by atoms with E-state index in [4.69, 9.17) is 16.3 Å². The van der Waals surface area contributed by atoms with Gasteiger partial charge in [0.25, 0.3) is 0 Å². The lowest BCUT2D eigenvalue weighted by Crippen LogP contribution is -2.05. The summed E-state index contributed by atoms with van der Waals surface area (Å²) in [4.78, 5) is 11.5. The molecule has 104 valence electrons. The average molecular weight is 290 g/mol. The van der Waals surface area contributed by atoms with Crippen molar-refractivity contribution in [2.24, 2.45) is 0 Å². The minimum Gasteiger partial charge on any atom is -0.462 e. The summed E-state index contributed by atoms with van der Waals surface area (Å²) in [6, 6.07) is 14.9. The van der Waals surface area contributed by atoms with Gasteiger partial charge >= 0.3 is 5.97 Å². The Kier molecular flexibility index (Phi) is 5.02. The van der Waals surface area contributed by atoms with E-state index in [1.54, 1.807) is 19.1 Å². The van der Waals surface area contributed by atoms with Gasteiger partial charge in [0.05, 0.1) is 12.2 Å². The predicted molar refractivity (Wildman–Crippen MR) is 81.2 cm³/mol. The van der Waals surface area contributed by atoms with Gasteiger partial charge in [-0.25, -0.2) is 4.79 Å². The molecular weight excluding hydrogens is 274 g/mol. The molecule has 0 bridgehead atoms. The molecule has 0 fully saturated rings. The van der Waals surface area contributed by atoms with Crippen LogP contribution in [0.4, 0.5) is 5.69 Å². The highest BCUT2D eigenvalue weighted by Gasteiger charge is 2.05. The summed E-state index contributed by atoms with van der Waals surface area (Å²) < 4.78 is 4.94. The molecule has 0 saturated carbocycles. The average Bonchev–Trinajstić information content (AvgIpc) is 2.46. The van der Waals surface area contributed by atoms with Crippen LogP contribution < -0.4 is 5.32 Å². The van der Waals surface area contributed by atoms with Gasteiger partial charge < -0.3 is 10.1 Å². The van der Waals surface area contributed by atoms with Gasteiger partial charge in [0.1, 0.15) is 0 Å². The number of rotatable bonds is 5. The molecule has 0 atom stereocenters. The summed E-state index contributed by atoms with van der Waals surface area (Å²) in [5.41, 5.74) is 2.60. The largest absolute Gasteiger partial charge is 0.462 e. The number of hydrogen-bond donors (Lipinski definition) is 1. The molecule has 2 rings (SSSR count). The summed E-state index contributed by atoms with van der Waals surface area (Å²) in [5.74, 6) is -0.297. The van der Waals surface area contributed by atoms with Crippen molar-refractivity contribution >= 4 is 23.3 Å². The Morgan fingerprint density at radius 1 is 1.20 bits per heavy atom. The van der Waals surface area contributed by atoms with Gasteiger partial charge in [-0.05, 0) is 48.9 Å². The normalized spacial score (nSPS) is 10.1. The van der Waals surface area contributed by atoms with Crippen molar-refractivity contribution in [3.63, 3.8) is 0 Å². The van der Waals surface area contributed by atoms with E-state index >= 15 is 0 Å². The van der Waals surface area contributed by atoms with Gasteiger partial charge in [0.15, 0.2) is 0 Å². The van der Waals surface area contributed by atoms with Gasteiger partial charge in [-0.2, -0.15) is 0 Å². The number of hydrogen-bond acceptors (Lipinski definition) is 3. The molecule has 0 aliphatic carbocycles. The quantitative estimate of drug-likeness (QED) is 0.841. The molecule has 0 aliphatic rings. The monoisotopic (exact) mass is 289 g/mol. The predicted octanol–water partition coefficient (Wildman–Crippen LogP) is 4.13. The zero-order valence-corrected chi connectivity index (χ0v) is 12.0. The number of esters is 1. The smallest absolute Gasteiger partial charge is 0.338 e. The number of halogens is 1. The van der Waals surface area contributed by atoms with Gasteiger partial charge in [-0.1, -0.05) is 23.7 Å². The van der Waals surface area contributed by atoms with Crippen LogP contribution in [0.2, 0.25) is 5.02 Å². The Hall–Kier alpha value is -2.00. The molecule has 4 heteroatoms. The van der Waals surface area contributed by atoms with E-state index in [2.05, 4.69) is 5.32 Å². The van der Waals surface area contributed by atoms with Crippen molar-refractivity contribution in [2.45, 2.75) is 13.5 Å². The van der Waals surface area contributed by atoms with Crippen LogP contribution in [-0.2, 0) is 11.3 Å². The standard InChI is InChI=1S/C16H16ClNO2/c1-2-20-16(19)13-6-8-15(9-7-13)18-11-12-4-3-5-14(17)10-12/h3-10,18H,2,11H2,1H3. The van der Waals surface area contributed by atoms with Crippen molar-refractivity contribution in [2.75, 3.05) is 11.9 Å². The fourth-order valence-corrected chi connectivity index (χ4v) is 2.00. The van der Waals surface area contributed by atoms with E-state index in [-0.39, 0.29) is 5.97 Å². The fourth-order valence-electron chi connectivity index (χ4n) is 1.79. The maximum Gasteiger partial charge on any atom is 0.338 e. The fraction of sp³-hybridized carbons (Fsp3) is 0.188. The van der Waals surface area contributed by atoms with Crippen LogP contribution in [0.3, 0.4) is 0 Å². The lowest BCUT2D eigenvalue weighted by molar-refractivity contribution is 0.0526. The Morgan fingerprint density at radius 2 is 1.95 bits per heavy atom. The second-order valence-corrected chi connectivity index (χ2v) is 4.72. The minimum atomic E-state index is -0.297. The number of ether oxygens (including phenoxy) is 1. The number of nitrogens with one attached hydrogen (secondary N) is 1. The highest BCUT2D eigenvalue weighted by Crippen LogP contribution is 2.14. The second-order valence-electron chi connectivity index (χ2n) is 4.28. The molecule has 0 radical (unpaired) electrons. The topological polar surface area (TPSA) is 38.3 Å². The molecule has 0 amide bonds. The molecule has 3 nitrogen and oxygen atoms in total. The Morgan fingerprint density at radius 3 is 2.60 bits per heavy atom. The maximum atomic E-state index is 11.5. The molecule has 1 N–H and O–H groups in total. The van der Waals surface area contributed by atoms with Crippen LogP contribution in [0.25, 0.3) is 0 Å². The van der Waals surface area contributed by atoms with Crippen LogP contribution in [0.1, 0.15) is 22.8 Å². The zero-order valence-electron chi connectivity index (χ0n) is 11.2. The lowest BCUT2D eigenvalue weighted by atomic mass is 10.2. The SMILES string of the molecule is CCOC(=O)c1ccc(NCc2cccc(Cl)c2)cc1. The van der Waals surface area contributed by atoms with E-state index in [1.165, 1.54) is 0 Å². The van der Waals surface area contributed by atoms with Gasteiger partial charge in [0.2, 0.25) is 0 Å². The van der Waals surface area contributed by atoms with Crippen LogP contribution in [-0.4, -0.2) is 12.6 Å². The first kappa shape index (κ1) is 14.4. The highest BCUT2D eigenvalue weighted by molar-refractivity contribution is 6.30. The second kappa shape index (κ2) is 6.96. The third-order valence-corrected chi connectivity index (χ3v) is 3.02. The Balaban J connectivity index is 1.95. The molecule has 0 spiro atoms.